The Morgan fingerprint density at radius 2 is 1.79 bits per heavy atom. The number of hydrogen-bond acceptors (Lipinski definition) is 7. The zero-order valence-corrected chi connectivity index (χ0v) is 20.4. The Bertz CT molecular complexity index is 1120. The number of aryl methyl sites for hydroxylation is 1. The smallest absolute Gasteiger partial charge is 0.161 e. The first kappa shape index (κ1) is 23.9. The highest BCUT2D eigenvalue weighted by Crippen LogP contribution is 2.41. The third kappa shape index (κ3) is 5.13. The number of aromatic hydroxyl groups is 1. The molecule has 0 aliphatic carbocycles. The van der Waals surface area contributed by atoms with Crippen LogP contribution in [-0.4, -0.2) is 72.9 Å². The Morgan fingerprint density at radius 1 is 1.06 bits per heavy atom. The second-order valence-corrected chi connectivity index (χ2v) is 8.69. The van der Waals surface area contributed by atoms with Crippen LogP contribution in [0.15, 0.2) is 36.4 Å². The lowest BCUT2D eigenvalue weighted by Gasteiger charge is -2.35. The third-order valence-electron chi connectivity index (χ3n) is 6.02. The van der Waals surface area contributed by atoms with Gasteiger partial charge >= 0.3 is 0 Å². The number of aromatic nitrogens is 2. The molecule has 1 aromatic heterocycles. The fourth-order valence-corrected chi connectivity index (χ4v) is 4.53. The van der Waals surface area contributed by atoms with Gasteiger partial charge in [0, 0.05) is 42.5 Å². The van der Waals surface area contributed by atoms with Crippen molar-refractivity contribution in [2.75, 3.05) is 40.5 Å². The van der Waals surface area contributed by atoms with Crippen LogP contribution >= 0.6 is 0 Å². The predicted octanol–water partition coefficient (Wildman–Crippen LogP) is 4.26. The van der Waals surface area contributed by atoms with Gasteiger partial charge in [-0.15, -0.1) is 0 Å². The quantitative estimate of drug-likeness (QED) is 0.512. The average molecular weight is 468 g/mol. The number of ether oxygens (including phenoxy) is 4. The van der Waals surface area contributed by atoms with Crippen molar-refractivity contribution < 1.29 is 24.1 Å². The minimum absolute atomic E-state index is 0.111. The molecule has 182 valence electrons. The van der Waals surface area contributed by atoms with E-state index in [-0.39, 0.29) is 18.0 Å². The molecule has 4 rings (SSSR count). The van der Waals surface area contributed by atoms with Gasteiger partial charge in [-0.1, -0.05) is 6.07 Å². The van der Waals surface area contributed by atoms with E-state index < -0.39 is 0 Å². The summed E-state index contributed by atoms with van der Waals surface area (Å²) in [5.74, 6) is 2.01. The summed E-state index contributed by atoms with van der Waals surface area (Å²) in [5, 5.41) is 18.3. The van der Waals surface area contributed by atoms with Gasteiger partial charge in [0.2, 0.25) is 0 Å². The molecule has 2 N–H and O–H groups in total. The number of nitrogens with zero attached hydrogens (tertiary/aromatic N) is 2. The number of phenols is 1. The molecule has 2 atom stereocenters. The fraction of sp³-hybridized carbons (Fsp3) is 0.423. The topological polar surface area (TPSA) is 89.1 Å². The van der Waals surface area contributed by atoms with E-state index >= 15 is 0 Å². The lowest BCUT2D eigenvalue weighted by Crippen LogP contribution is -2.46. The van der Waals surface area contributed by atoms with Gasteiger partial charge in [-0.2, -0.15) is 5.10 Å². The normalized spacial score (nSPS) is 18.6. The maximum Gasteiger partial charge on any atom is 0.161 e. The number of phenolic OH excluding ortho intramolecular Hbond substituents is 1. The van der Waals surface area contributed by atoms with Gasteiger partial charge in [-0.3, -0.25) is 10.00 Å². The predicted molar refractivity (Wildman–Crippen MR) is 131 cm³/mol. The largest absolute Gasteiger partial charge is 0.507 e. The van der Waals surface area contributed by atoms with Crippen molar-refractivity contribution in [3.05, 3.63) is 42.1 Å². The van der Waals surface area contributed by atoms with Gasteiger partial charge in [-0.05, 0) is 50.6 Å². The molecule has 2 aromatic carbocycles. The van der Waals surface area contributed by atoms with Crippen LogP contribution in [0.2, 0.25) is 0 Å². The first-order valence-electron chi connectivity index (χ1n) is 11.5. The van der Waals surface area contributed by atoms with Crippen LogP contribution in [0.25, 0.3) is 22.4 Å². The van der Waals surface area contributed by atoms with Gasteiger partial charge in [0.1, 0.15) is 23.8 Å². The summed E-state index contributed by atoms with van der Waals surface area (Å²) >= 11 is 0. The SMILES string of the molecule is COc1ccc(-c2c(-c3ccc(OCCN4C[C@@H](C)O[C@@H](C)C4)cc3O)n[nH]c2C)cc1OC. The number of aromatic amines is 1. The van der Waals surface area contributed by atoms with Crippen molar-refractivity contribution in [2.45, 2.75) is 33.0 Å². The molecule has 1 aliphatic heterocycles. The van der Waals surface area contributed by atoms with Crippen LogP contribution in [-0.2, 0) is 4.74 Å². The minimum Gasteiger partial charge on any atom is -0.507 e. The van der Waals surface area contributed by atoms with Crippen molar-refractivity contribution in [2.24, 2.45) is 0 Å². The number of nitrogens with one attached hydrogen (secondary N) is 1. The van der Waals surface area contributed by atoms with Crippen LogP contribution in [0.5, 0.6) is 23.0 Å². The average Bonchev–Trinajstić information content (AvgIpc) is 3.19. The molecule has 3 aromatic rings. The van der Waals surface area contributed by atoms with Crippen molar-refractivity contribution >= 4 is 0 Å². The lowest BCUT2D eigenvalue weighted by molar-refractivity contribution is -0.0699. The van der Waals surface area contributed by atoms with Gasteiger partial charge < -0.3 is 24.1 Å². The molecule has 0 bridgehead atoms. The van der Waals surface area contributed by atoms with Gasteiger partial charge in [0.15, 0.2) is 11.5 Å². The van der Waals surface area contributed by atoms with E-state index in [0.29, 0.717) is 35.1 Å². The number of morpholine rings is 1. The summed E-state index contributed by atoms with van der Waals surface area (Å²) in [5.41, 5.74) is 3.96. The van der Waals surface area contributed by atoms with E-state index in [0.717, 1.165) is 36.5 Å². The molecule has 34 heavy (non-hydrogen) atoms. The second-order valence-electron chi connectivity index (χ2n) is 8.69. The number of H-pyrrole nitrogens is 1. The van der Waals surface area contributed by atoms with E-state index in [1.165, 1.54) is 0 Å². The van der Waals surface area contributed by atoms with E-state index in [9.17, 15) is 5.11 Å². The summed E-state index contributed by atoms with van der Waals surface area (Å²) in [6, 6.07) is 11.1. The van der Waals surface area contributed by atoms with Crippen LogP contribution < -0.4 is 14.2 Å². The zero-order valence-electron chi connectivity index (χ0n) is 20.4. The van der Waals surface area contributed by atoms with Crippen LogP contribution in [0, 0.1) is 6.92 Å². The van der Waals surface area contributed by atoms with Crippen LogP contribution in [0.4, 0.5) is 0 Å². The molecule has 2 heterocycles. The number of rotatable bonds is 8. The van der Waals surface area contributed by atoms with Crippen molar-refractivity contribution in [1.82, 2.24) is 15.1 Å². The fourth-order valence-electron chi connectivity index (χ4n) is 4.53. The molecule has 1 aliphatic rings. The molecule has 0 radical (unpaired) electrons. The highest BCUT2D eigenvalue weighted by atomic mass is 16.5. The van der Waals surface area contributed by atoms with E-state index in [2.05, 4.69) is 28.9 Å². The Morgan fingerprint density at radius 3 is 2.47 bits per heavy atom. The number of hydrogen-bond donors (Lipinski definition) is 2. The molecule has 1 fully saturated rings. The molecule has 8 heteroatoms. The van der Waals surface area contributed by atoms with Crippen LogP contribution in [0.1, 0.15) is 19.5 Å². The molecular weight excluding hydrogens is 434 g/mol. The summed E-state index contributed by atoms with van der Waals surface area (Å²) < 4.78 is 22.5. The first-order chi connectivity index (χ1) is 16.4. The van der Waals surface area contributed by atoms with Crippen molar-refractivity contribution in [3.8, 4) is 45.4 Å². The monoisotopic (exact) mass is 467 g/mol. The molecule has 1 saturated heterocycles. The summed E-state index contributed by atoms with van der Waals surface area (Å²) in [6.45, 7) is 9.27. The van der Waals surface area contributed by atoms with Gasteiger partial charge in [0.05, 0.1) is 26.4 Å². The third-order valence-corrected chi connectivity index (χ3v) is 6.02. The maximum atomic E-state index is 10.8. The Kier molecular flexibility index (Phi) is 7.29. The lowest BCUT2D eigenvalue weighted by atomic mass is 9.98. The highest BCUT2D eigenvalue weighted by Gasteiger charge is 2.22. The van der Waals surface area contributed by atoms with E-state index in [1.54, 1.807) is 20.3 Å². The highest BCUT2D eigenvalue weighted by molar-refractivity contribution is 5.86. The Hall–Kier alpha value is -3.23. The minimum atomic E-state index is 0.111. The first-order valence-corrected chi connectivity index (χ1v) is 11.5. The Balaban J connectivity index is 1.51. The van der Waals surface area contributed by atoms with Gasteiger partial charge in [0.25, 0.3) is 0 Å². The zero-order chi connectivity index (χ0) is 24.2. The summed E-state index contributed by atoms with van der Waals surface area (Å²) in [6.07, 6.45) is 0.452. The second kappa shape index (κ2) is 10.4. The summed E-state index contributed by atoms with van der Waals surface area (Å²) in [7, 11) is 3.21. The molecule has 0 amide bonds. The van der Waals surface area contributed by atoms with E-state index in [4.69, 9.17) is 18.9 Å². The molecule has 0 spiro atoms. The Labute approximate surface area is 200 Å². The molecule has 8 nitrogen and oxygen atoms in total. The number of methoxy groups -OCH3 is 2. The van der Waals surface area contributed by atoms with Crippen molar-refractivity contribution in [1.29, 1.82) is 0 Å². The molecule has 0 saturated carbocycles. The maximum absolute atomic E-state index is 10.8. The molecule has 0 unspecified atom stereocenters. The van der Waals surface area contributed by atoms with Gasteiger partial charge in [-0.25, -0.2) is 0 Å². The molecular formula is C26H33N3O5. The van der Waals surface area contributed by atoms with E-state index in [1.807, 2.05) is 37.3 Å². The summed E-state index contributed by atoms with van der Waals surface area (Å²) in [4.78, 5) is 2.34. The van der Waals surface area contributed by atoms with Crippen molar-refractivity contribution in [3.63, 3.8) is 0 Å². The standard InChI is InChI=1S/C26H33N3O5/c1-16-14-29(15-17(2)34-16)10-11-33-20-7-8-21(22(30)13-20)26-25(18(3)27-28-26)19-6-9-23(31-4)24(12-19)32-5/h6-9,12-13,16-17,30H,10-11,14-15H2,1-5H3,(H,27,28)/t16-,17+. The van der Waals surface area contributed by atoms with Crippen LogP contribution in [0.3, 0.4) is 0 Å². The number of benzene rings is 2.